The van der Waals surface area contributed by atoms with Crippen molar-refractivity contribution >= 4 is 0 Å². The van der Waals surface area contributed by atoms with Gasteiger partial charge in [0, 0.05) is 11.1 Å². The summed E-state index contributed by atoms with van der Waals surface area (Å²) in [6, 6.07) is 25.9. The zero-order valence-electron chi connectivity index (χ0n) is 21.6. The van der Waals surface area contributed by atoms with E-state index in [1.807, 2.05) is 0 Å². The van der Waals surface area contributed by atoms with E-state index in [9.17, 15) is 0 Å². The second-order valence-corrected chi connectivity index (χ2v) is 10.0. The van der Waals surface area contributed by atoms with Gasteiger partial charge in [-0.25, -0.2) is 0 Å². The minimum absolute atomic E-state index is 0.736. The third-order valence-electron chi connectivity index (χ3n) is 7.37. The van der Waals surface area contributed by atoms with Crippen molar-refractivity contribution in [2.45, 2.75) is 77.6 Å². The molecule has 3 aromatic rings. The molecule has 0 atom stereocenters. The Morgan fingerprint density at radius 1 is 0.657 bits per heavy atom. The van der Waals surface area contributed by atoms with Gasteiger partial charge in [0.15, 0.2) is 0 Å². The summed E-state index contributed by atoms with van der Waals surface area (Å²) in [4.78, 5) is 0. The highest BCUT2D eigenvalue weighted by molar-refractivity contribution is 5.65. The number of ether oxygens (including phenoxy) is 1. The smallest absolute Gasteiger partial charge is 0.119 e. The molecule has 1 heteroatoms. The molecule has 0 saturated heterocycles. The molecule has 1 aliphatic rings. The molecule has 1 nitrogen and oxygen atoms in total. The van der Waals surface area contributed by atoms with Crippen LogP contribution in [0.25, 0.3) is 11.1 Å². The number of benzene rings is 3. The molecule has 0 unspecified atom stereocenters. The SMILES string of the molecule is CCCCCOc1ccc(-c2ccc(C#Cc3ccc(C4CCC(CCC)CC4)cc3)cc2)cc1. The van der Waals surface area contributed by atoms with E-state index in [-0.39, 0.29) is 0 Å². The highest BCUT2D eigenvalue weighted by Crippen LogP contribution is 2.37. The molecule has 0 aliphatic heterocycles. The van der Waals surface area contributed by atoms with Crippen LogP contribution in [0.15, 0.2) is 72.8 Å². The fourth-order valence-electron chi connectivity index (χ4n) is 5.21. The zero-order chi connectivity index (χ0) is 24.3. The average molecular weight is 465 g/mol. The highest BCUT2D eigenvalue weighted by atomic mass is 16.5. The van der Waals surface area contributed by atoms with Crippen molar-refractivity contribution in [2.75, 3.05) is 6.61 Å². The first-order valence-corrected chi connectivity index (χ1v) is 13.7. The maximum absolute atomic E-state index is 5.83. The molecule has 0 heterocycles. The van der Waals surface area contributed by atoms with Crippen molar-refractivity contribution < 1.29 is 4.74 Å². The van der Waals surface area contributed by atoms with Gasteiger partial charge in [-0.1, -0.05) is 87.8 Å². The van der Waals surface area contributed by atoms with Gasteiger partial charge in [-0.15, -0.1) is 0 Å². The van der Waals surface area contributed by atoms with Crippen molar-refractivity contribution in [3.63, 3.8) is 0 Å². The third kappa shape index (κ3) is 7.50. The van der Waals surface area contributed by atoms with Crippen molar-refractivity contribution in [1.29, 1.82) is 0 Å². The summed E-state index contributed by atoms with van der Waals surface area (Å²) < 4.78 is 5.83. The molecular formula is C34H40O. The van der Waals surface area contributed by atoms with Crippen LogP contribution in [-0.2, 0) is 0 Å². The van der Waals surface area contributed by atoms with Crippen LogP contribution in [0.2, 0.25) is 0 Å². The van der Waals surface area contributed by atoms with Gasteiger partial charge in [-0.2, -0.15) is 0 Å². The standard InChI is InChI=1S/C34H40O/c1-3-5-6-26-35-34-24-22-33(23-25-34)32-20-14-29(15-21-32)9-8-28-12-18-31(19-13-28)30-16-10-27(7-4-2)11-17-30/h12-15,18-25,27,30H,3-7,10-11,16-17,26H2,1-2H3. The molecule has 35 heavy (non-hydrogen) atoms. The first-order valence-electron chi connectivity index (χ1n) is 13.7. The molecule has 1 aliphatic carbocycles. The van der Waals surface area contributed by atoms with Crippen molar-refractivity contribution in [1.82, 2.24) is 0 Å². The van der Waals surface area contributed by atoms with E-state index in [1.54, 1.807) is 0 Å². The lowest BCUT2D eigenvalue weighted by atomic mass is 9.77. The van der Waals surface area contributed by atoms with Gasteiger partial charge in [-0.3, -0.25) is 0 Å². The Bertz CT molecular complexity index is 1070. The first kappa shape index (κ1) is 25.1. The van der Waals surface area contributed by atoms with Gasteiger partial charge in [0.05, 0.1) is 6.61 Å². The molecule has 0 amide bonds. The Morgan fingerprint density at radius 3 is 1.80 bits per heavy atom. The minimum atomic E-state index is 0.736. The van der Waals surface area contributed by atoms with E-state index in [0.29, 0.717) is 0 Å². The van der Waals surface area contributed by atoms with E-state index in [0.717, 1.165) is 41.7 Å². The lowest BCUT2D eigenvalue weighted by Crippen LogP contribution is -2.13. The van der Waals surface area contributed by atoms with Gasteiger partial charge >= 0.3 is 0 Å². The Balaban J connectivity index is 1.31. The van der Waals surface area contributed by atoms with Crippen LogP contribution in [-0.4, -0.2) is 6.61 Å². The lowest BCUT2D eigenvalue weighted by Gasteiger charge is -2.28. The summed E-state index contributed by atoms with van der Waals surface area (Å²) in [6.07, 6.45) is 11.8. The second kappa shape index (κ2) is 13.2. The zero-order valence-corrected chi connectivity index (χ0v) is 21.6. The Hall–Kier alpha value is -2.98. The normalized spacial score (nSPS) is 17.4. The van der Waals surface area contributed by atoms with Gasteiger partial charge in [0.25, 0.3) is 0 Å². The van der Waals surface area contributed by atoms with E-state index in [1.165, 1.54) is 68.1 Å². The van der Waals surface area contributed by atoms with Crippen molar-refractivity contribution in [2.24, 2.45) is 5.92 Å². The highest BCUT2D eigenvalue weighted by Gasteiger charge is 2.21. The number of unbranched alkanes of at least 4 members (excludes halogenated alkanes) is 2. The summed E-state index contributed by atoms with van der Waals surface area (Å²) >= 11 is 0. The molecule has 0 spiro atoms. The van der Waals surface area contributed by atoms with Gasteiger partial charge in [0.2, 0.25) is 0 Å². The monoisotopic (exact) mass is 464 g/mol. The van der Waals surface area contributed by atoms with Crippen LogP contribution in [0.1, 0.15) is 94.2 Å². The van der Waals surface area contributed by atoms with E-state index >= 15 is 0 Å². The maximum Gasteiger partial charge on any atom is 0.119 e. The predicted octanol–water partition coefficient (Wildman–Crippen LogP) is 9.40. The summed E-state index contributed by atoms with van der Waals surface area (Å²) in [5.74, 6) is 9.32. The molecule has 182 valence electrons. The summed E-state index contributed by atoms with van der Waals surface area (Å²) in [7, 11) is 0. The van der Waals surface area contributed by atoms with E-state index < -0.39 is 0 Å². The number of rotatable bonds is 9. The van der Waals surface area contributed by atoms with Crippen molar-refractivity contribution in [3.05, 3.63) is 89.5 Å². The largest absolute Gasteiger partial charge is 0.494 e. The van der Waals surface area contributed by atoms with Crippen molar-refractivity contribution in [3.8, 4) is 28.7 Å². The minimum Gasteiger partial charge on any atom is -0.494 e. The molecule has 0 aromatic heterocycles. The lowest BCUT2D eigenvalue weighted by molar-refractivity contribution is 0.306. The quantitative estimate of drug-likeness (QED) is 0.226. The Morgan fingerprint density at radius 2 is 1.23 bits per heavy atom. The van der Waals surface area contributed by atoms with Crippen LogP contribution in [0, 0.1) is 17.8 Å². The molecule has 0 bridgehead atoms. The summed E-state index contributed by atoms with van der Waals surface area (Å²) in [5, 5.41) is 0. The fourth-order valence-corrected chi connectivity index (χ4v) is 5.21. The third-order valence-corrected chi connectivity index (χ3v) is 7.37. The average Bonchev–Trinajstić information content (AvgIpc) is 2.92. The van der Waals surface area contributed by atoms with Crippen LogP contribution in [0.4, 0.5) is 0 Å². The fraction of sp³-hybridized carbons (Fsp3) is 0.412. The summed E-state index contributed by atoms with van der Waals surface area (Å²) in [5.41, 5.74) is 6.03. The Kier molecular flexibility index (Phi) is 9.47. The van der Waals surface area contributed by atoms with E-state index in [2.05, 4.69) is 98.5 Å². The van der Waals surface area contributed by atoms with Crippen LogP contribution >= 0.6 is 0 Å². The molecule has 4 rings (SSSR count). The molecular weight excluding hydrogens is 424 g/mol. The Labute approximate surface area is 212 Å². The van der Waals surface area contributed by atoms with Gasteiger partial charge < -0.3 is 4.74 Å². The number of hydrogen-bond acceptors (Lipinski definition) is 1. The van der Waals surface area contributed by atoms with E-state index in [4.69, 9.17) is 4.74 Å². The van der Waals surface area contributed by atoms with Gasteiger partial charge in [0.1, 0.15) is 5.75 Å². The van der Waals surface area contributed by atoms with Gasteiger partial charge in [-0.05, 0) is 97.0 Å². The van der Waals surface area contributed by atoms with Crippen LogP contribution < -0.4 is 4.74 Å². The molecule has 3 aromatic carbocycles. The maximum atomic E-state index is 5.83. The summed E-state index contributed by atoms with van der Waals surface area (Å²) in [6.45, 7) is 5.32. The van der Waals surface area contributed by atoms with Crippen LogP contribution in [0.3, 0.4) is 0 Å². The molecule has 0 radical (unpaired) electrons. The molecule has 1 saturated carbocycles. The van der Waals surface area contributed by atoms with Crippen LogP contribution in [0.5, 0.6) is 5.75 Å². The molecule has 1 fully saturated rings. The second-order valence-electron chi connectivity index (χ2n) is 10.0. The first-order chi connectivity index (χ1) is 17.2. The topological polar surface area (TPSA) is 9.23 Å². The predicted molar refractivity (Wildman–Crippen MR) is 149 cm³/mol. The molecule has 0 N–H and O–H groups in total. The number of hydrogen-bond donors (Lipinski definition) is 0.